The molecule has 4 heteroatoms. The van der Waals surface area contributed by atoms with Crippen LogP contribution in [0.3, 0.4) is 0 Å². The summed E-state index contributed by atoms with van der Waals surface area (Å²) in [5.41, 5.74) is 0.400. The van der Waals surface area contributed by atoms with Crippen molar-refractivity contribution in [2.24, 2.45) is 0 Å². The van der Waals surface area contributed by atoms with Gasteiger partial charge in [0, 0.05) is 36.2 Å². The van der Waals surface area contributed by atoms with Crippen LogP contribution >= 0.6 is 11.3 Å². The normalized spacial score (nSPS) is 28.8. The lowest BCUT2D eigenvalue weighted by molar-refractivity contribution is 0.0461. The van der Waals surface area contributed by atoms with Crippen LogP contribution in [0.15, 0.2) is 11.6 Å². The number of hydrogen-bond acceptors (Lipinski definition) is 4. The molecule has 1 aliphatic carbocycles. The first-order valence-electron chi connectivity index (χ1n) is 7.64. The van der Waals surface area contributed by atoms with Crippen molar-refractivity contribution < 1.29 is 0 Å². The summed E-state index contributed by atoms with van der Waals surface area (Å²) in [7, 11) is 0. The van der Waals surface area contributed by atoms with Gasteiger partial charge in [-0.25, -0.2) is 4.98 Å². The lowest BCUT2D eigenvalue weighted by Gasteiger charge is -2.48. The highest BCUT2D eigenvalue weighted by atomic mass is 32.1. The molecule has 1 saturated carbocycles. The highest BCUT2D eigenvalue weighted by Gasteiger charge is 2.42. The van der Waals surface area contributed by atoms with Crippen LogP contribution in [-0.2, 0) is 0 Å². The molecule has 1 aromatic rings. The van der Waals surface area contributed by atoms with Gasteiger partial charge in [0.05, 0.1) is 6.04 Å². The molecule has 1 aliphatic heterocycles. The Morgan fingerprint density at radius 1 is 1.53 bits per heavy atom. The summed E-state index contributed by atoms with van der Waals surface area (Å²) in [4.78, 5) is 7.24. The van der Waals surface area contributed by atoms with Crippen LogP contribution in [0.25, 0.3) is 0 Å². The minimum Gasteiger partial charge on any atom is -0.308 e. The van der Waals surface area contributed by atoms with Gasteiger partial charge in [0.15, 0.2) is 0 Å². The van der Waals surface area contributed by atoms with E-state index in [1.165, 1.54) is 43.7 Å². The molecule has 0 bridgehead atoms. The lowest BCUT2D eigenvalue weighted by Crippen LogP contribution is -2.63. The molecular weight excluding hydrogens is 254 g/mol. The Bertz CT molecular complexity index is 398. The third-order valence-corrected chi connectivity index (χ3v) is 5.95. The van der Waals surface area contributed by atoms with E-state index >= 15 is 0 Å². The highest BCUT2D eigenvalue weighted by Crippen LogP contribution is 2.37. The van der Waals surface area contributed by atoms with Crippen molar-refractivity contribution >= 4 is 11.3 Å². The summed E-state index contributed by atoms with van der Waals surface area (Å²) in [6, 6.07) is 1.12. The Hall–Kier alpha value is -0.450. The van der Waals surface area contributed by atoms with Crippen LogP contribution in [0.2, 0.25) is 0 Å². The zero-order chi connectivity index (χ0) is 13.3. The minimum atomic E-state index is 0.400. The largest absolute Gasteiger partial charge is 0.308 e. The third-order valence-electron chi connectivity index (χ3n) is 5.01. The number of aromatic nitrogens is 1. The second-order valence-electron chi connectivity index (χ2n) is 6.15. The highest BCUT2D eigenvalue weighted by molar-refractivity contribution is 7.09. The fourth-order valence-corrected chi connectivity index (χ4v) is 4.50. The second-order valence-corrected chi connectivity index (χ2v) is 7.08. The molecule has 0 radical (unpaired) electrons. The average molecular weight is 279 g/mol. The minimum absolute atomic E-state index is 0.400. The molecule has 2 heterocycles. The molecule has 3 rings (SSSR count). The van der Waals surface area contributed by atoms with Crippen LogP contribution in [0.5, 0.6) is 0 Å². The van der Waals surface area contributed by atoms with E-state index in [9.17, 15) is 0 Å². The summed E-state index contributed by atoms with van der Waals surface area (Å²) < 4.78 is 0. The lowest BCUT2D eigenvalue weighted by atomic mass is 9.90. The quantitative estimate of drug-likeness (QED) is 0.921. The fourth-order valence-electron chi connectivity index (χ4n) is 3.79. The Kier molecular flexibility index (Phi) is 3.92. The van der Waals surface area contributed by atoms with Crippen LogP contribution < -0.4 is 5.32 Å². The van der Waals surface area contributed by atoms with Gasteiger partial charge >= 0.3 is 0 Å². The molecule has 0 amide bonds. The Morgan fingerprint density at radius 3 is 2.95 bits per heavy atom. The van der Waals surface area contributed by atoms with E-state index in [1.807, 2.05) is 6.20 Å². The van der Waals surface area contributed by atoms with Crippen molar-refractivity contribution in [1.82, 2.24) is 15.2 Å². The SMILES string of the molecule is CCC1CNC2(CCCC2)CN1C(C)c1nccs1. The van der Waals surface area contributed by atoms with Crippen molar-refractivity contribution in [2.75, 3.05) is 13.1 Å². The molecule has 19 heavy (non-hydrogen) atoms. The van der Waals surface area contributed by atoms with E-state index in [0.29, 0.717) is 17.6 Å². The van der Waals surface area contributed by atoms with Crippen LogP contribution in [0.4, 0.5) is 0 Å². The molecule has 2 fully saturated rings. The maximum Gasteiger partial charge on any atom is 0.109 e. The third kappa shape index (κ3) is 2.58. The van der Waals surface area contributed by atoms with E-state index in [1.54, 1.807) is 11.3 Å². The van der Waals surface area contributed by atoms with Crippen LogP contribution in [0, 0.1) is 0 Å². The summed E-state index contributed by atoms with van der Waals surface area (Å²) in [6.07, 6.45) is 8.64. The van der Waals surface area contributed by atoms with Crippen molar-refractivity contribution in [1.29, 1.82) is 0 Å². The van der Waals surface area contributed by atoms with Gasteiger partial charge in [0.25, 0.3) is 0 Å². The predicted octanol–water partition coefficient (Wildman–Crippen LogP) is 3.20. The Labute approximate surface area is 120 Å². The second kappa shape index (κ2) is 5.51. The van der Waals surface area contributed by atoms with E-state index in [-0.39, 0.29) is 0 Å². The fraction of sp³-hybridized carbons (Fsp3) is 0.800. The van der Waals surface area contributed by atoms with E-state index in [4.69, 9.17) is 0 Å². The molecule has 2 aliphatic rings. The molecule has 0 aromatic carbocycles. The number of nitrogens with zero attached hydrogens (tertiary/aromatic N) is 2. The molecule has 2 unspecified atom stereocenters. The summed E-state index contributed by atoms with van der Waals surface area (Å²) in [5.74, 6) is 0. The van der Waals surface area contributed by atoms with Gasteiger partial charge in [-0.2, -0.15) is 0 Å². The van der Waals surface area contributed by atoms with E-state index in [0.717, 1.165) is 6.54 Å². The van der Waals surface area contributed by atoms with Crippen molar-refractivity contribution in [3.05, 3.63) is 16.6 Å². The van der Waals surface area contributed by atoms with E-state index < -0.39 is 0 Å². The summed E-state index contributed by atoms with van der Waals surface area (Å²) in [5, 5.41) is 7.24. The zero-order valence-electron chi connectivity index (χ0n) is 12.1. The topological polar surface area (TPSA) is 28.2 Å². The van der Waals surface area contributed by atoms with Gasteiger partial charge in [-0.3, -0.25) is 4.90 Å². The number of piperazine rings is 1. The standard InChI is InChI=1S/C15H25N3S/c1-3-13-10-17-15(6-4-5-7-15)11-18(13)12(2)14-16-8-9-19-14/h8-9,12-13,17H,3-7,10-11H2,1-2H3. The summed E-state index contributed by atoms with van der Waals surface area (Å²) in [6.45, 7) is 6.98. The predicted molar refractivity (Wildman–Crippen MR) is 80.5 cm³/mol. The maximum absolute atomic E-state index is 4.53. The van der Waals surface area contributed by atoms with Gasteiger partial charge < -0.3 is 5.32 Å². The van der Waals surface area contributed by atoms with Crippen LogP contribution in [-0.4, -0.2) is 34.6 Å². The molecule has 1 spiro atoms. The smallest absolute Gasteiger partial charge is 0.109 e. The monoisotopic (exact) mass is 279 g/mol. The first kappa shape index (κ1) is 13.5. The molecule has 1 N–H and O–H groups in total. The molecule has 1 saturated heterocycles. The number of thiazole rings is 1. The van der Waals surface area contributed by atoms with Gasteiger partial charge in [-0.1, -0.05) is 19.8 Å². The van der Waals surface area contributed by atoms with Crippen molar-refractivity contribution in [2.45, 2.75) is 63.6 Å². The van der Waals surface area contributed by atoms with Crippen LogP contribution in [0.1, 0.15) is 57.0 Å². The molecular formula is C15H25N3S. The zero-order valence-corrected chi connectivity index (χ0v) is 12.9. The number of nitrogens with one attached hydrogen (secondary N) is 1. The molecule has 1 aromatic heterocycles. The first-order chi connectivity index (χ1) is 9.24. The van der Waals surface area contributed by atoms with Crippen molar-refractivity contribution in [3.63, 3.8) is 0 Å². The van der Waals surface area contributed by atoms with E-state index in [2.05, 4.69) is 34.4 Å². The maximum atomic E-state index is 4.53. The van der Waals surface area contributed by atoms with Gasteiger partial charge in [0.1, 0.15) is 5.01 Å². The van der Waals surface area contributed by atoms with Gasteiger partial charge in [-0.05, 0) is 26.2 Å². The first-order valence-corrected chi connectivity index (χ1v) is 8.52. The Morgan fingerprint density at radius 2 is 2.32 bits per heavy atom. The van der Waals surface area contributed by atoms with Crippen molar-refractivity contribution in [3.8, 4) is 0 Å². The molecule has 106 valence electrons. The molecule has 2 atom stereocenters. The average Bonchev–Trinajstić information content (AvgIpc) is 3.10. The molecule has 3 nitrogen and oxygen atoms in total. The number of hydrogen-bond donors (Lipinski definition) is 1. The Balaban J connectivity index is 1.79. The van der Waals surface area contributed by atoms with Gasteiger partial charge in [0.2, 0.25) is 0 Å². The number of rotatable bonds is 3. The summed E-state index contributed by atoms with van der Waals surface area (Å²) >= 11 is 1.79. The van der Waals surface area contributed by atoms with Gasteiger partial charge in [-0.15, -0.1) is 11.3 Å².